The fourth-order valence-electron chi connectivity index (χ4n) is 2.81. The molecule has 0 amide bonds. The van der Waals surface area contributed by atoms with Crippen molar-refractivity contribution in [2.45, 2.75) is 39.2 Å². The van der Waals surface area contributed by atoms with Gasteiger partial charge in [-0.1, -0.05) is 24.3 Å². The van der Waals surface area contributed by atoms with Gasteiger partial charge >= 0.3 is 0 Å². The third-order valence-electron chi connectivity index (χ3n) is 4.58. The van der Waals surface area contributed by atoms with Gasteiger partial charge in [0, 0.05) is 12.8 Å². The van der Waals surface area contributed by atoms with Crippen LogP contribution in [0.25, 0.3) is 17.1 Å². The summed E-state index contributed by atoms with van der Waals surface area (Å²) in [6.45, 7) is 4.74. The average molecular weight is 422 g/mol. The zero-order valence-electron chi connectivity index (χ0n) is 17.8. The molecule has 0 saturated heterocycles. The third-order valence-corrected chi connectivity index (χ3v) is 4.58. The molecule has 0 unspecified atom stereocenters. The molecule has 0 aliphatic carbocycles. The number of aryl methyl sites for hydroxylation is 1. The van der Waals surface area contributed by atoms with Crippen LogP contribution in [-0.4, -0.2) is 39.0 Å². The first-order valence-electron chi connectivity index (χ1n) is 10.00. The summed E-state index contributed by atoms with van der Waals surface area (Å²) in [7, 11) is 0. The zero-order valence-corrected chi connectivity index (χ0v) is 17.8. The first kappa shape index (κ1) is 22.2. The van der Waals surface area contributed by atoms with Gasteiger partial charge in [-0.05, 0) is 56.7 Å². The summed E-state index contributed by atoms with van der Waals surface area (Å²) in [5, 5.41) is 9.47. The standard InChI is InChI=1S/C13H14O4.C11H12N2O/c1-13(2,15)12(14)6-4-9-3-5-10-11(7-9)17-8-16-10;1-8(14)6-7-11-12-9-4-2-3-5-10(9)13-11/h3-7,15H,8H2,1-2H3;2-5H,6-7H2,1H3,(H,12,13)/b6-4+;. The van der Waals surface area contributed by atoms with E-state index in [2.05, 4.69) is 9.97 Å². The summed E-state index contributed by atoms with van der Waals surface area (Å²) >= 11 is 0. The molecule has 2 heterocycles. The Hall–Kier alpha value is -3.45. The number of ketones is 2. The number of para-hydroxylation sites is 2. The number of Topliss-reactive ketones (excluding diaryl/α,β-unsaturated/α-hetero) is 1. The quantitative estimate of drug-likeness (QED) is 0.585. The predicted molar refractivity (Wildman–Crippen MR) is 118 cm³/mol. The molecule has 0 saturated carbocycles. The Kier molecular flexibility index (Phi) is 6.87. The number of rotatable bonds is 6. The largest absolute Gasteiger partial charge is 0.454 e. The molecule has 0 radical (unpaired) electrons. The molecular weight excluding hydrogens is 396 g/mol. The Labute approximate surface area is 180 Å². The fourth-order valence-corrected chi connectivity index (χ4v) is 2.81. The number of benzene rings is 2. The van der Waals surface area contributed by atoms with Gasteiger partial charge in [0.1, 0.15) is 17.2 Å². The van der Waals surface area contributed by atoms with E-state index in [1.807, 2.05) is 30.3 Å². The average Bonchev–Trinajstić information content (AvgIpc) is 3.36. The summed E-state index contributed by atoms with van der Waals surface area (Å²) < 4.78 is 10.4. The molecule has 31 heavy (non-hydrogen) atoms. The van der Waals surface area contributed by atoms with Crippen molar-refractivity contribution >= 4 is 28.7 Å². The Morgan fingerprint density at radius 3 is 2.61 bits per heavy atom. The van der Waals surface area contributed by atoms with E-state index < -0.39 is 5.60 Å². The van der Waals surface area contributed by atoms with Crippen molar-refractivity contribution in [3.8, 4) is 11.5 Å². The van der Waals surface area contributed by atoms with Crippen LogP contribution in [0, 0.1) is 0 Å². The number of ether oxygens (including phenoxy) is 2. The monoisotopic (exact) mass is 422 g/mol. The number of nitrogens with one attached hydrogen (secondary N) is 1. The van der Waals surface area contributed by atoms with E-state index in [0.29, 0.717) is 24.3 Å². The second kappa shape index (κ2) is 9.57. The lowest BCUT2D eigenvalue weighted by molar-refractivity contribution is -0.128. The minimum atomic E-state index is -1.34. The number of nitrogens with zero attached hydrogens (tertiary/aromatic N) is 1. The highest BCUT2D eigenvalue weighted by molar-refractivity contribution is 5.99. The summed E-state index contributed by atoms with van der Waals surface area (Å²) in [6, 6.07) is 13.3. The van der Waals surface area contributed by atoms with E-state index in [0.717, 1.165) is 22.4 Å². The van der Waals surface area contributed by atoms with Crippen LogP contribution in [0.2, 0.25) is 0 Å². The van der Waals surface area contributed by atoms with Crippen LogP contribution in [-0.2, 0) is 16.0 Å². The third kappa shape index (κ3) is 6.26. The summed E-state index contributed by atoms with van der Waals surface area (Å²) in [4.78, 5) is 29.8. The number of carbonyl (C=O) groups excluding carboxylic acids is 2. The van der Waals surface area contributed by atoms with Gasteiger partial charge in [-0.3, -0.25) is 4.79 Å². The van der Waals surface area contributed by atoms with Crippen molar-refractivity contribution in [3.63, 3.8) is 0 Å². The summed E-state index contributed by atoms with van der Waals surface area (Å²) in [5.74, 6) is 2.13. The lowest BCUT2D eigenvalue weighted by atomic mass is 10.0. The van der Waals surface area contributed by atoms with E-state index in [1.165, 1.54) is 19.9 Å². The Morgan fingerprint density at radius 1 is 1.16 bits per heavy atom. The van der Waals surface area contributed by atoms with Gasteiger partial charge in [-0.2, -0.15) is 0 Å². The Bertz CT molecular complexity index is 1080. The molecule has 0 bridgehead atoms. The van der Waals surface area contributed by atoms with Crippen LogP contribution < -0.4 is 9.47 Å². The van der Waals surface area contributed by atoms with Crippen molar-refractivity contribution in [1.29, 1.82) is 0 Å². The SMILES string of the molecule is CC(=O)CCc1nc2ccccc2[nH]1.CC(C)(O)C(=O)/C=C/c1ccc2c(c1)OCO2. The van der Waals surface area contributed by atoms with Crippen molar-refractivity contribution in [2.75, 3.05) is 6.79 Å². The van der Waals surface area contributed by atoms with Crippen molar-refractivity contribution in [2.24, 2.45) is 0 Å². The van der Waals surface area contributed by atoms with Crippen LogP contribution in [0.15, 0.2) is 48.5 Å². The normalized spacial score (nSPS) is 12.6. The van der Waals surface area contributed by atoms with E-state index in [9.17, 15) is 14.7 Å². The van der Waals surface area contributed by atoms with Crippen LogP contribution in [0.3, 0.4) is 0 Å². The minimum Gasteiger partial charge on any atom is -0.454 e. The number of carbonyl (C=O) groups is 2. The van der Waals surface area contributed by atoms with Gasteiger partial charge in [0.15, 0.2) is 17.3 Å². The van der Waals surface area contributed by atoms with Crippen LogP contribution >= 0.6 is 0 Å². The van der Waals surface area contributed by atoms with E-state index in [1.54, 1.807) is 25.1 Å². The van der Waals surface area contributed by atoms with Crippen molar-refractivity contribution in [1.82, 2.24) is 9.97 Å². The number of H-pyrrole nitrogens is 1. The number of hydrogen-bond donors (Lipinski definition) is 2. The lowest BCUT2D eigenvalue weighted by Gasteiger charge is -2.11. The van der Waals surface area contributed by atoms with Gasteiger partial charge in [0.2, 0.25) is 6.79 Å². The molecule has 2 N–H and O–H groups in total. The van der Waals surface area contributed by atoms with Crippen LogP contribution in [0.5, 0.6) is 11.5 Å². The number of hydrogen-bond acceptors (Lipinski definition) is 6. The number of aromatic amines is 1. The van der Waals surface area contributed by atoms with Crippen molar-refractivity contribution < 1.29 is 24.2 Å². The van der Waals surface area contributed by atoms with Crippen LogP contribution in [0.4, 0.5) is 0 Å². The number of imidazole rings is 1. The van der Waals surface area contributed by atoms with E-state index >= 15 is 0 Å². The Balaban J connectivity index is 0.000000179. The molecule has 7 heteroatoms. The highest BCUT2D eigenvalue weighted by atomic mass is 16.7. The summed E-state index contributed by atoms with van der Waals surface area (Å²) in [5.41, 5.74) is 1.48. The molecule has 7 nitrogen and oxygen atoms in total. The topological polar surface area (TPSA) is 102 Å². The van der Waals surface area contributed by atoms with Gasteiger partial charge in [-0.15, -0.1) is 0 Å². The predicted octanol–water partition coefficient (Wildman–Crippen LogP) is 3.85. The van der Waals surface area contributed by atoms with Crippen molar-refractivity contribution in [3.05, 3.63) is 59.9 Å². The molecule has 1 aliphatic heterocycles. The van der Waals surface area contributed by atoms with Gasteiger partial charge < -0.3 is 24.4 Å². The maximum Gasteiger partial charge on any atom is 0.231 e. The number of aliphatic hydroxyl groups is 1. The van der Waals surface area contributed by atoms with E-state index in [-0.39, 0.29) is 18.4 Å². The van der Waals surface area contributed by atoms with Gasteiger partial charge in [0.25, 0.3) is 0 Å². The molecule has 1 aliphatic rings. The zero-order chi connectivity index (χ0) is 22.4. The highest BCUT2D eigenvalue weighted by Gasteiger charge is 2.20. The molecule has 0 atom stereocenters. The molecular formula is C24H26N2O5. The maximum absolute atomic E-state index is 11.5. The van der Waals surface area contributed by atoms with Crippen LogP contribution in [0.1, 0.15) is 38.6 Å². The first-order valence-corrected chi connectivity index (χ1v) is 10.00. The second-order valence-corrected chi connectivity index (χ2v) is 7.77. The fraction of sp³-hybridized carbons (Fsp3) is 0.292. The number of fused-ring (bicyclic) bond motifs is 2. The smallest absolute Gasteiger partial charge is 0.231 e. The molecule has 4 rings (SSSR count). The molecule has 0 fully saturated rings. The highest BCUT2D eigenvalue weighted by Crippen LogP contribution is 2.32. The molecule has 1 aromatic heterocycles. The van der Waals surface area contributed by atoms with E-state index in [4.69, 9.17) is 9.47 Å². The molecule has 162 valence electrons. The molecule has 0 spiro atoms. The first-order chi connectivity index (χ1) is 14.7. The van der Waals surface area contributed by atoms with Gasteiger partial charge in [-0.25, -0.2) is 4.98 Å². The second-order valence-electron chi connectivity index (χ2n) is 7.77. The molecule has 3 aromatic rings. The maximum atomic E-state index is 11.5. The lowest BCUT2D eigenvalue weighted by Crippen LogP contribution is -2.29. The summed E-state index contributed by atoms with van der Waals surface area (Å²) in [6.07, 6.45) is 4.25. The number of aromatic nitrogens is 2. The minimum absolute atomic E-state index is 0.199. The Morgan fingerprint density at radius 2 is 1.90 bits per heavy atom. The van der Waals surface area contributed by atoms with Gasteiger partial charge in [0.05, 0.1) is 11.0 Å². The molecule has 2 aromatic carbocycles.